The van der Waals surface area contributed by atoms with Gasteiger partial charge in [-0.05, 0) is 12.0 Å². The first-order chi connectivity index (χ1) is 9.65. The Morgan fingerprint density at radius 3 is 2.50 bits per heavy atom. The van der Waals surface area contributed by atoms with Crippen molar-refractivity contribution in [3.63, 3.8) is 0 Å². The molecule has 20 heavy (non-hydrogen) atoms. The number of hydrogen-bond acceptors (Lipinski definition) is 4. The Kier molecular flexibility index (Phi) is 7.31. The molecule has 6 heteroatoms. The van der Waals surface area contributed by atoms with E-state index in [1.165, 1.54) is 12.6 Å². The zero-order valence-electron chi connectivity index (χ0n) is 11.8. The van der Waals surface area contributed by atoms with Crippen LogP contribution in [0.25, 0.3) is 0 Å². The van der Waals surface area contributed by atoms with Crippen molar-refractivity contribution in [2.24, 2.45) is 5.73 Å². The molecule has 1 aromatic rings. The Morgan fingerprint density at radius 1 is 1.20 bits per heavy atom. The molecule has 0 spiro atoms. The van der Waals surface area contributed by atoms with Crippen LogP contribution in [0.3, 0.4) is 0 Å². The summed E-state index contributed by atoms with van der Waals surface area (Å²) in [7, 11) is 1.47. The molecule has 0 saturated heterocycles. The van der Waals surface area contributed by atoms with E-state index < -0.39 is 6.03 Å². The SMILES string of the molecule is CNC(=O)NC(=O)CN(CCN)CCc1ccccc1. The molecule has 1 rings (SSSR count). The van der Waals surface area contributed by atoms with E-state index in [0.717, 1.165) is 13.0 Å². The van der Waals surface area contributed by atoms with E-state index in [-0.39, 0.29) is 12.5 Å². The molecular weight excluding hydrogens is 256 g/mol. The van der Waals surface area contributed by atoms with Crippen LogP contribution >= 0.6 is 0 Å². The first-order valence-electron chi connectivity index (χ1n) is 6.63. The highest BCUT2D eigenvalue weighted by Crippen LogP contribution is 2.01. The zero-order chi connectivity index (χ0) is 14.8. The summed E-state index contributed by atoms with van der Waals surface area (Å²) < 4.78 is 0. The van der Waals surface area contributed by atoms with Gasteiger partial charge < -0.3 is 11.1 Å². The minimum atomic E-state index is -0.495. The van der Waals surface area contributed by atoms with E-state index in [4.69, 9.17) is 5.73 Å². The molecule has 0 saturated carbocycles. The molecule has 0 aliphatic carbocycles. The minimum absolute atomic E-state index is 0.164. The molecule has 0 aliphatic heterocycles. The van der Waals surface area contributed by atoms with Gasteiger partial charge in [-0.25, -0.2) is 4.79 Å². The molecule has 0 heterocycles. The van der Waals surface area contributed by atoms with Gasteiger partial charge in [-0.15, -0.1) is 0 Å². The number of benzene rings is 1. The first-order valence-corrected chi connectivity index (χ1v) is 6.63. The van der Waals surface area contributed by atoms with Crippen molar-refractivity contribution >= 4 is 11.9 Å². The highest BCUT2D eigenvalue weighted by Gasteiger charge is 2.12. The molecule has 0 unspecified atom stereocenters. The number of carbonyl (C=O) groups is 2. The van der Waals surface area contributed by atoms with E-state index in [0.29, 0.717) is 13.1 Å². The van der Waals surface area contributed by atoms with E-state index in [1.807, 2.05) is 35.2 Å². The Morgan fingerprint density at radius 2 is 1.90 bits per heavy atom. The predicted molar refractivity (Wildman–Crippen MR) is 78.2 cm³/mol. The van der Waals surface area contributed by atoms with Crippen LogP contribution in [-0.4, -0.2) is 50.1 Å². The maximum Gasteiger partial charge on any atom is 0.321 e. The molecule has 0 atom stereocenters. The largest absolute Gasteiger partial charge is 0.341 e. The molecule has 3 amide bonds. The minimum Gasteiger partial charge on any atom is -0.341 e. The maximum absolute atomic E-state index is 11.7. The normalized spacial score (nSPS) is 10.3. The summed E-state index contributed by atoms with van der Waals surface area (Å²) in [4.78, 5) is 24.6. The highest BCUT2D eigenvalue weighted by molar-refractivity contribution is 5.95. The number of urea groups is 1. The van der Waals surface area contributed by atoms with Crippen molar-refractivity contribution in [1.82, 2.24) is 15.5 Å². The Hall–Kier alpha value is -1.92. The fraction of sp³-hybridized carbons (Fsp3) is 0.429. The molecule has 110 valence electrons. The molecular formula is C14H22N4O2. The molecule has 0 aromatic heterocycles. The average Bonchev–Trinajstić information content (AvgIpc) is 2.46. The number of hydrogen-bond donors (Lipinski definition) is 3. The van der Waals surface area contributed by atoms with Gasteiger partial charge in [0.15, 0.2) is 0 Å². The van der Waals surface area contributed by atoms with Gasteiger partial charge in [0, 0.05) is 26.7 Å². The summed E-state index contributed by atoms with van der Waals surface area (Å²) in [6.07, 6.45) is 0.841. The standard InChI is InChI=1S/C14H22N4O2/c1-16-14(20)17-13(19)11-18(10-8-15)9-7-12-5-3-2-4-6-12/h2-6H,7-11,15H2,1H3,(H2,16,17,19,20). The third kappa shape index (κ3) is 6.31. The van der Waals surface area contributed by atoms with Crippen molar-refractivity contribution < 1.29 is 9.59 Å². The third-order valence-electron chi connectivity index (χ3n) is 2.85. The number of nitrogens with zero attached hydrogens (tertiary/aromatic N) is 1. The molecule has 4 N–H and O–H groups in total. The molecule has 0 aliphatic rings. The number of amides is 3. The van der Waals surface area contributed by atoms with Gasteiger partial charge >= 0.3 is 6.03 Å². The van der Waals surface area contributed by atoms with E-state index in [1.54, 1.807) is 0 Å². The van der Waals surface area contributed by atoms with E-state index in [2.05, 4.69) is 10.6 Å². The van der Waals surface area contributed by atoms with Gasteiger partial charge in [0.2, 0.25) is 5.91 Å². The summed E-state index contributed by atoms with van der Waals surface area (Å²) >= 11 is 0. The lowest BCUT2D eigenvalue weighted by Gasteiger charge is -2.20. The van der Waals surface area contributed by atoms with Crippen LogP contribution in [0.2, 0.25) is 0 Å². The summed E-state index contributed by atoms with van der Waals surface area (Å²) in [5, 5.41) is 4.59. The summed E-state index contributed by atoms with van der Waals surface area (Å²) in [5.41, 5.74) is 6.76. The average molecular weight is 278 g/mol. The molecule has 0 fully saturated rings. The van der Waals surface area contributed by atoms with Crippen LogP contribution in [-0.2, 0) is 11.2 Å². The number of imide groups is 1. The van der Waals surface area contributed by atoms with Crippen molar-refractivity contribution in [1.29, 1.82) is 0 Å². The van der Waals surface area contributed by atoms with E-state index >= 15 is 0 Å². The first kappa shape index (κ1) is 16.1. The second kappa shape index (κ2) is 9.06. The van der Waals surface area contributed by atoms with Crippen LogP contribution < -0.4 is 16.4 Å². The molecule has 6 nitrogen and oxygen atoms in total. The monoisotopic (exact) mass is 278 g/mol. The van der Waals surface area contributed by atoms with Crippen molar-refractivity contribution in [2.75, 3.05) is 33.2 Å². The Bertz CT molecular complexity index is 422. The van der Waals surface area contributed by atoms with Crippen LogP contribution in [0.15, 0.2) is 30.3 Å². The Labute approximate surface area is 119 Å². The number of rotatable bonds is 7. The van der Waals surface area contributed by atoms with Gasteiger partial charge in [0.1, 0.15) is 0 Å². The lowest BCUT2D eigenvalue weighted by atomic mass is 10.1. The predicted octanol–water partition coefficient (Wildman–Crippen LogP) is -0.0546. The fourth-order valence-electron chi connectivity index (χ4n) is 1.82. The third-order valence-corrected chi connectivity index (χ3v) is 2.85. The van der Waals surface area contributed by atoms with Gasteiger partial charge in [-0.3, -0.25) is 15.0 Å². The smallest absolute Gasteiger partial charge is 0.321 e. The lowest BCUT2D eigenvalue weighted by Crippen LogP contribution is -2.45. The number of nitrogens with two attached hydrogens (primary N) is 1. The van der Waals surface area contributed by atoms with E-state index in [9.17, 15) is 9.59 Å². The zero-order valence-corrected chi connectivity index (χ0v) is 11.8. The lowest BCUT2D eigenvalue weighted by molar-refractivity contribution is -0.121. The second-order valence-corrected chi connectivity index (χ2v) is 4.43. The van der Waals surface area contributed by atoms with Crippen LogP contribution in [0, 0.1) is 0 Å². The van der Waals surface area contributed by atoms with Crippen molar-refractivity contribution in [3.8, 4) is 0 Å². The number of carbonyl (C=O) groups excluding carboxylic acids is 2. The number of nitrogens with one attached hydrogen (secondary N) is 2. The molecule has 0 bridgehead atoms. The summed E-state index contributed by atoms with van der Waals surface area (Å²) in [6.45, 7) is 1.98. The van der Waals surface area contributed by atoms with Gasteiger partial charge in [0.25, 0.3) is 0 Å². The second-order valence-electron chi connectivity index (χ2n) is 4.43. The van der Waals surface area contributed by atoms with Crippen molar-refractivity contribution in [3.05, 3.63) is 35.9 Å². The van der Waals surface area contributed by atoms with Gasteiger partial charge in [0.05, 0.1) is 6.54 Å². The van der Waals surface area contributed by atoms with Crippen LogP contribution in [0.5, 0.6) is 0 Å². The van der Waals surface area contributed by atoms with Gasteiger partial charge in [-0.1, -0.05) is 30.3 Å². The summed E-state index contributed by atoms with van der Waals surface area (Å²) in [5.74, 6) is -0.328. The topological polar surface area (TPSA) is 87.5 Å². The summed E-state index contributed by atoms with van der Waals surface area (Å²) in [6, 6.07) is 9.54. The quantitative estimate of drug-likeness (QED) is 0.652. The van der Waals surface area contributed by atoms with Crippen LogP contribution in [0.1, 0.15) is 5.56 Å². The maximum atomic E-state index is 11.7. The fourth-order valence-corrected chi connectivity index (χ4v) is 1.82. The van der Waals surface area contributed by atoms with Gasteiger partial charge in [-0.2, -0.15) is 0 Å². The highest BCUT2D eigenvalue weighted by atomic mass is 16.2. The molecule has 1 aromatic carbocycles. The Balaban J connectivity index is 2.43. The molecule has 0 radical (unpaired) electrons. The van der Waals surface area contributed by atoms with Crippen molar-refractivity contribution in [2.45, 2.75) is 6.42 Å². The van der Waals surface area contributed by atoms with Crippen LogP contribution in [0.4, 0.5) is 4.79 Å².